The van der Waals surface area contributed by atoms with Crippen molar-refractivity contribution in [1.29, 1.82) is 0 Å². The van der Waals surface area contributed by atoms with Gasteiger partial charge in [-0.25, -0.2) is 13.2 Å². The Morgan fingerprint density at radius 3 is 2.40 bits per heavy atom. The van der Waals surface area contributed by atoms with Gasteiger partial charge >= 0.3 is 5.69 Å². The van der Waals surface area contributed by atoms with Crippen molar-refractivity contribution >= 4 is 10.0 Å². The van der Waals surface area contributed by atoms with Crippen LogP contribution >= 0.6 is 0 Å². The van der Waals surface area contributed by atoms with Gasteiger partial charge in [0.05, 0.1) is 0 Å². The van der Waals surface area contributed by atoms with Crippen molar-refractivity contribution in [2.75, 3.05) is 7.05 Å². The molecule has 0 saturated carbocycles. The Hall–Kier alpha value is -2.19. The molecule has 8 heteroatoms. The number of rotatable bonds is 4. The maximum absolute atomic E-state index is 12.3. The van der Waals surface area contributed by atoms with E-state index in [0.717, 1.165) is 16.1 Å². The Labute approximate surface area is 115 Å². The van der Waals surface area contributed by atoms with E-state index in [1.165, 1.54) is 7.05 Å². The SMILES string of the molecule is CN(Cc1ccccc1)S(=O)(=O)c1c[nH]c(=O)[nH]c1=O. The van der Waals surface area contributed by atoms with Crippen molar-refractivity contribution in [2.24, 2.45) is 0 Å². The topological polar surface area (TPSA) is 103 Å². The Kier molecular flexibility index (Phi) is 3.86. The molecule has 0 spiro atoms. The summed E-state index contributed by atoms with van der Waals surface area (Å²) in [6.45, 7) is 0.127. The Morgan fingerprint density at radius 1 is 1.15 bits per heavy atom. The summed E-state index contributed by atoms with van der Waals surface area (Å²) >= 11 is 0. The number of aromatic nitrogens is 2. The smallest absolute Gasteiger partial charge is 0.313 e. The van der Waals surface area contributed by atoms with Crippen LogP contribution in [0.15, 0.2) is 51.0 Å². The van der Waals surface area contributed by atoms with Gasteiger partial charge in [-0.05, 0) is 5.56 Å². The lowest BCUT2D eigenvalue weighted by molar-refractivity contribution is 0.465. The second-order valence-electron chi connectivity index (χ2n) is 4.18. The van der Waals surface area contributed by atoms with Crippen LogP contribution in [0.4, 0.5) is 0 Å². The van der Waals surface area contributed by atoms with Crippen LogP contribution < -0.4 is 11.2 Å². The van der Waals surface area contributed by atoms with Gasteiger partial charge in [0.2, 0.25) is 10.0 Å². The predicted octanol–water partition coefficient (Wildman–Crippen LogP) is -0.116. The van der Waals surface area contributed by atoms with Gasteiger partial charge < -0.3 is 4.98 Å². The van der Waals surface area contributed by atoms with E-state index in [-0.39, 0.29) is 6.54 Å². The molecule has 1 aromatic carbocycles. The van der Waals surface area contributed by atoms with Gasteiger partial charge in [-0.15, -0.1) is 0 Å². The van der Waals surface area contributed by atoms with Crippen LogP contribution in [0.2, 0.25) is 0 Å². The van der Waals surface area contributed by atoms with Crippen molar-refractivity contribution in [1.82, 2.24) is 14.3 Å². The van der Waals surface area contributed by atoms with Gasteiger partial charge in [0.25, 0.3) is 5.56 Å². The molecule has 0 aliphatic heterocycles. The first-order valence-corrected chi connectivity index (χ1v) is 7.17. The molecule has 1 heterocycles. The summed E-state index contributed by atoms with van der Waals surface area (Å²) in [4.78, 5) is 26.0. The molecule has 0 unspecified atom stereocenters. The molecule has 0 atom stereocenters. The second kappa shape index (κ2) is 5.43. The van der Waals surface area contributed by atoms with Crippen LogP contribution in [-0.2, 0) is 16.6 Å². The van der Waals surface area contributed by atoms with E-state index in [4.69, 9.17) is 0 Å². The number of H-pyrrole nitrogens is 2. The highest BCUT2D eigenvalue weighted by atomic mass is 32.2. The summed E-state index contributed by atoms with van der Waals surface area (Å²) in [7, 11) is -2.60. The minimum absolute atomic E-state index is 0.127. The summed E-state index contributed by atoms with van der Waals surface area (Å²) < 4.78 is 25.6. The van der Waals surface area contributed by atoms with Gasteiger partial charge in [-0.1, -0.05) is 30.3 Å². The molecule has 2 N–H and O–H groups in total. The first-order chi connectivity index (χ1) is 9.41. The van der Waals surface area contributed by atoms with Crippen molar-refractivity contribution in [3.8, 4) is 0 Å². The van der Waals surface area contributed by atoms with Gasteiger partial charge in [0, 0.05) is 19.8 Å². The molecule has 0 saturated heterocycles. The number of hydrogen-bond donors (Lipinski definition) is 2. The molecule has 0 fully saturated rings. The number of nitrogens with zero attached hydrogens (tertiary/aromatic N) is 1. The predicted molar refractivity (Wildman–Crippen MR) is 72.8 cm³/mol. The lowest BCUT2D eigenvalue weighted by atomic mass is 10.2. The van der Waals surface area contributed by atoms with Crippen molar-refractivity contribution in [3.05, 3.63) is 62.9 Å². The third kappa shape index (κ3) is 2.86. The molecule has 0 aliphatic rings. The van der Waals surface area contributed by atoms with Crippen LogP contribution in [0.5, 0.6) is 0 Å². The van der Waals surface area contributed by atoms with Gasteiger partial charge in [-0.2, -0.15) is 4.31 Å². The van der Waals surface area contributed by atoms with Crippen molar-refractivity contribution in [3.63, 3.8) is 0 Å². The largest absolute Gasteiger partial charge is 0.325 e. The second-order valence-corrected chi connectivity index (χ2v) is 6.20. The minimum Gasteiger partial charge on any atom is -0.313 e. The molecule has 106 valence electrons. The molecule has 7 nitrogen and oxygen atoms in total. The molecule has 2 rings (SSSR count). The van der Waals surface area contributed by atoms with E-state index in [9.17, 15) is 18.0 Å². The molecule has 1 aromatic heterocycles. The fraction of sp³-hybridized carbons (Fsp3) is 0.167. The van der Waals surface area contributed by atoms with E-state index in [1.807, 2.05) is 11.1 Å². The normalized spacial score (nSPS) is 11.7. The lowest BCUT2D eigenvalue weighted by Gasteiger charge is -2.16. The zero-order valence-electron chi connectivity index (χ0n) is 10.7. The molecular formula is C12H13N3O4S. The molecule has 0 bridgehead atoms. The van der Waals surface area contributed by atoms with Gasteiger partial charge in [0.1, 0.15) is 0 Å². The summed E-state index contributed by atoms with van der Waals surface area (Å²) in [6, 6.07) is 8.97. The quantitative estimate of drug-likeness (QED) is 0.821. The van der Waals surface area contributed by atoms with E-state index in [0.29, 0.717) is 0 Å². The first kappa shape index (κ1) is 14.2. The maximum Gasteiger partial charge on any atom is 0.325 e. The van der Waals surface area contributed by atoms with E-state index < -0.39 is 26.2 Å². The standard InChI is InChI=1S/C12H13N3O4S/c1-15(8-9-5-3-2-4-6-9)20(18,19)10-7-13-12(17)14-11(10)16/h2-7H,8H2,1H3,(H2,13,14,16,17). The number of nitrogens with one attached hydrogen (secondary N) is 2. The minimum atomic E-state index is -3.97. The molecule has 20 heavy (non-hydrogen) atoms. The summed E-state index contributed by atoms with van der Waals surface area (Å²) in [5, 5.41) is 0. The molecule has 0 aliphatic carbocycles. The summed E-state index contributed by atoms with van der Waals surface area (Å²) in [5.41, 5.74) is -0.896. The van der Waals surface area contributed by atoms with Gasteiger partial charge in [-0.3, -0.25) is 9.78 Å². The Morgan fingerprint density at radius 2 is 1.80 bits per heavy atom. The monoisotopic (exact) mass is 295 g/mol. The highest BCUT2D eigenvalue weighted by Crippen LogP contribution is 2.12. The number of sulfonamides is 1. The van der Waals surface area contributed by atoms with Crippen molar-refractivity contribution in [2.45, 2.75) is 11.4 Å². The number of benzene rings is 1. The fourth-order valence-electron chi connectivity index (χ4n) is 1.68. The Bertz CT molecular complexity index is 808. The third-order valence-electron chi connectivity index (χ3n) is 2.72. The molecule has 0 amide bonds. The van der Waals surface area contributed by atoms with Crippen LogP contribution in [0.1, 0.15) is 5.56 Å². The highest BCUT2D eigenvalue weighted by Gasteiger charge is 2.24. The molecule has 2 aromatic rings. The lowest BCUT2D eigenvalue weighted by Crippen LogP contribution is -2.34. The van der Waals surface area contributed by atoms with Crippen LogP contribution in [-0.4, -0.2) is 29.7 Å². The highest BCUT2D eigenvalue weighted by molar-refractivity contribution is 7.89. The molecular weight excluding hydrogens is 282 g/mol. The zero-order valence-corrected chi connectivity index (χ0v) is 11.5. The number of hydrogen-bond acceptors (Lipinski definition) is 4. The third-order valence-corrected chi connectivity index (χ3v) is 4.53. The zero-order chi connectivity index (χ0) is 14.8. The van der Waals surface area contributed by atoms with E-state index in [1.54, 1.807) is 24.3 Å². The fourth-order valence-corrected chi connectivity index (χ4v) is 2.83. The van der Waals surface area contributed by atoms with Crippen LogP contribution in [0.25, 0.3) is 0 Å². The summed E-state index contributed by atoms with van der Waals surface area (Å²) in [6.07, 6.45) is 0.901. The van der Waals surface area contributed by atoms with Crippen molar-refractivity contribution < 1.29 is 8.42 Å². The summed E-state index contributed by atoms with van der Waals surface area (Å²) in [5.74, 6) is 0. The average molecular weight is 295 g/mol. The van der Waals surface area contributed by atoms with Crippen LogP contribution in [0, 0.1) is 0 Å². The molecule has 0 radical (unpaired) electrons. The van der Waals surface area contributed by atoms with E-state index in [2.05, 4.69) is 4.98 Å². The maximum atomic E-state index is 12.3. The van der Waals surface area contributed by atoms with Crippen LogP contribution in [0.3, 0.4) is 0 Å². The average Bonchev–Trinajstić information content (AvgIpc) is 2.39. The first-order valence-electron chi connectivity index (χ1n) is 5.73. The van der Waals surface area contributed by atoms with E-state index >= 15 is 0 Å². The number of aromatic amines is 2. The van der Waals surface area contributed by atoms with Gasteiger partial charge in [0.15, 0.2) is 4.90 Å². The Balaban J connectivity index is 2.35.